The summed E-state index contributed by atoms with van der Waals surface area (Å²) in [5.41, 5.74) is -0.414. The Bertz CT molecular complexity index is 127. The molecule has 0 aromatic rings. The van der Waals surface area contributed by atoms with Crippen LogP contribution in [0.5, 0.6) is 0 Å². The first-order valence-corrected chi connectivity index (χ1v) is 2.96. The van der Waals surface area contributed by atoms with Crippen molar-refractivity contribution in [3.63, 3.8) is 0 Å². The molecule has 0 aromatic carbocycles. The van der Waals surface area contributed by atoms with Crippen molar-refractivity contribution in [1.82, 2.24) is 5.23 Å². The third-order valence-corrected chi connectivity index (χ3v) is 1.00. The summed E-state index contributed by atoms with van der Waals surface area (Å²) in [7, 11) is 1.26. The molecular formula is C5H10BN2O2. The minimum absolute atomic E-state index is 0.150. The molecule has 5 heteroatoms. The molecule has 0 aliphatic rings. The predicted octanol–water partition coefficient (Wildman–Crippen LogP) is -0.0696. The second-order valence-electron chi connectivity index (χ2n) is 2.62. The molecule has 55 valence electrons. The van der Waals surface area contributed by atoms with Crippen molar-refractivity contribution in [3.05, 3.63) is 4.91 Å². The highest BCUT2D eigenvalue weighted by Gasteiger charge is 2.16. The van der Waals surface area contributed by atoms with Crippen molar-refractivity contribution in [1.29, 1.82) is 0 Å². The van der Waals surface area contributed by atoms with Crippen LogP contribution in [0, 0.1) is 4.91 Å². The fraction of sp³-hybridized carbons (Fsp3) is 0.800. The maximum Gasteiger partial charge on any atom is 0.290 e. The summed E-state index contributed by atoms with van der Waals surface area (Å²) in [6.07, 6.45) is 0.632. The zero-order chi connectivity index (χ0) is 8.04. The smallest absolute Gasteiger partial charge is 0.290 e. The molecule has 1 N–H and O–H groups in total. The summed E-state index contributed by atoms with van der Waals surface area (Å²) in [5, 5.41) is 5.43. The van der Waals surface area contributed by atoms with E-state index in [4.69, 9.17) is 0 Å². The molecule has 0 rings (SSSR count). The first-order valence-electron chi connectivity index (χ1n) is 2.96. The van der Waals surface area contributed by atoms with Gasteiger partial charge in [-0.05, 0) is 13.8 Å². The fourth-order valence-corrected chi connectivity index (χ4v) is 0.467. The maximum absolute atomic E-state index is 9.83. The Labute approximate surface area is 60.6 Å². The average Bonchev–Trinajstić information content (AvgIpc) is 1.84. The zero-order valence-electron chi connectivity index (χ0n) is 6.13. The number of nitroso groups, excluding NO2 is 1. The molecule has 0 saturated carbocycles. The number of hydrogen-bond donors (Lipinski definition) is 1. The lowest BCUT2D eigenvalue weighted by Crippen LogP contribution is -2.44. The maximum atomic E-state index is 9.83. The van der Waals surface area contributed by atoms with Gasteiger partial charge in [-0.25, -0.2) is 0 Å². The quantitative estimate of drug-likeness (QED) is 0.331. The summed E-state index contributed by atoms with van der Waals surface area (Å²) in [5.74, 6) is 0. The van der Waals surface area contributed by atoms with Gasteiger partial charge in [0, 0.05) is 5.54 Å². The Hall–Kier alpha value is -0.705. The highest BCUT2D eigenvalue weighted by Crippen LogP contribution is 1.99. The second kappa shape index (κ2) is 4.16. The predicted molar refractivity (Wildman–Crippen MR) is 40.4 cm³/mol. The van der Waals surface area contributed by atoms with Crippen LogP contribution < -0.4 is 5.23 Å². The number of carbonyl (C=O) groups is 1. The average molecular weight is 141 g/mol. The molecule has 0 unspecified atom stereocenters. The molecule has 0 fully saturated rings. The van der Waals surface area contributed by atoms with Crippen LogP contribution in [0.3, 0.4) is 0 Å². The summed E-state index contributed by atoms with van der Waals surface area (Å²) in [6, 6.07) is 0. The van der Waals surface area contributed by atoms with Gasteiger partial charge in [0.2, 0.25) is 0 Å². The van der Waals surface area contributed by atoms with Gasteiger partial charge in [-0.3, -0.25) is 0 Å². The molecule has 0 spiro atoms. The Morgan fingerprint density at radius 2 is 2.30 bits per heavy atom. The van der Waals surface area contributed by atoms with Gasteiger partial charge in [-0.2, -0.15) is 4.91 Å². The summed E-state index contributed by atoms with van der Waals surface area (Å²) in [4.78, 5) is 19.6. The molecule has 0 amide bonds. The SMILES string of the molecule is CC(C)(CN=O)N[B]C=O. The molecule has 0 aliphatic carbocycles. The van der Waals surface area contributed by atoms with Gasteiger partial charge in [-0.1, -0.05) is 5.18 Å². The van der Waals surface area contributed by atoms with E-state index in [1.54, 1.807) is 13.8 Å². The first kappa shape index (κ1) is 9.29. The van der Waals surface area contributed by atoms with Crippen molar-refractivity contribution in [2.45, 2.75) is 19.4 Å². The molecule has 0 aliphatic heterocycles. The Morgan fingerprint density at radius 1 is 1.70 bits per heavy atom. The van der Waals surface area contributed by atoms with E-state index in [-0.39, 0.29) is 6.54 Å². The van der Waals surface area contributed by atoms with Crippen molar-refractivity contribution < 1.29 is 4.79 Å². The molecule has 0 bridgehead atoms. The largest absolute Gasteiger partial charge is 0.347 e. The van der Waals surface area contributed by atoms with E-state index in [0.717, 1.165) is 0 Å². The van der Waals surface area contributed by atoms with E-state index in [1.807, 2.05) is 0 Å². The molecule has 1 radical (unpaired) electrons. The van der Waals surface area contributed by atoms with Crippen LogP contribution in [0.25, 0.3) is 0 Å². The monoisotopic (exact) mass is 141 g/mol. The van der Waals surface area contributed by atoms with E-state index >= 15 is 0 Å². The number of hydrogen-bond acceptors (Lipinski definition) is 4. The zero-order valence-corrected chi connectivity index (χ0v) is 6.13. The lowest BCUT2D eigenvalue weighted by molar-refractivity contribution is 0.483. The van der Waals surface area contributed by atoms with Crippen molar-refractivity contribution in [3.8, 4) is 0 Å². The van der Waals surface area contributed by atoms with Crippen LogP contribution in [0.2, 0.25) is 0 Å². The molecule has 0 aromatic heterocycles. The molecular weight excluding hydrogens is 131 g/mol. The standard InChI is InChI=1S/C5H10BN2O2/c1-5(2,3-7-10)8-6-4-9/h4,8H,3H2,1-2H3. The highest BCUT2D eigenvalue weighted by atomic mass is 16.3. The van der Waals surface area contributed by atoms with Crippen LogP contribution in [0.15, 0.2) is 5.18 Å². The molecule has 0 atom stereocenters. The van der Waals surface area contributed by atoms with Gasteiger partial charge < -0.3 is 10.0 Å². The summed E-state index contributed by atoms with van der Waals surface area (Å²) in [6.45, 7) is 3.72. The van der Waals surface area contributed by atoms with E-state index in [2.05, 4.69) is 10.4 Å². The summed E-state index contributed by atoms with van der Waals surface area (Å²) >= 11 is 0. The molecule has 10 heavy (non-hydrogen) atoms. The Morgan fingerprint density at radius 3 is 2.70 bits per heavy atom. The van der Waals surface area contributed by atoms with Crippen molar-refractivity contribution in [2.75, 3.05) is 6.54 Å². The topological polar surface area (TPSA) is 58.5 Å². The van der Waals surface area contributed by atoms with Gasteiger partial charge in [-0.15, -0.1) is 0 Å². The number of rotatable bonds is 5. The normalized spacial score (nSPS) is 10.6. The first-order chi connectivity index (χ1) is 4.62. The van der Waals surface area contributed by atoms with Crippen molar-refractivity contribution in [2.24, 2.45) is 5.18 Å². The lowest BCUT2D eigenvalue weighted by atomic mass is 9.91. The van der Waals surface area contributed by atoms with Crippen LogP contribution in [-0.4, -0.2) is 25.7 Å². The van der Waals surface area contributed by atoms with E-state index in [1.165, 1.54) is 7.41 Å². The van der Waals surface area contributed by atoms with Crippen LogP contribution in [0.4, 0.5) is 0 Å². The molecule has 0 heterocycles. The lowest BCUT2D eigenvalue weighted by Gasteiger charge is -2.20. The van der Waals surface area contributed by atoms with Gasteiger partial charge >= 0.3 is 0 Å². The van der Waals surface area contributed by atoms with E-state index < -0.39 is 5.54 Å². The molecule has 0 saturated heterocycles. The van der Waals surface area contributed by atoms with Crippen LogP contribution >= 0.6 is 0 Å². The summed E-state index contributed by atoms with van der Waals surface area (Å²) < 4.78 is 0. The number of nitrogens with zero attached hydrogens (tertiary/aromatic N) is 1. The van der Waals surface area contributed by atoms with Gasteiger partial charge in [0.05, 0.1) is 12.7 Å². The second-order valence-corrected chi connectivity index (χ2v) is 2.62. The third kappa shape index (κ3) is 4.20. The molecule has 4 nitrogen and oxygen atoms in total. The fourth-order valence-electron chi connectivity index (χ4n) is 0.467. The van der Waals surface area contributed by atoms with Gasteiger partial charge in [0.1, 0.15) is 0 Å². The van der Waals surface area contributed by atoms with Gasteiger partial charge in [0.15, 0.2) is 0 Å². The Balaban J connectivity index is 3.61. The van der Waals surface area contributed by atoms with Crippen LogP contribution in [0.1, 0.15) is 13.8 Å². The third-order valence-electron chi connectivity index (χ3n) is 1.00. The van der Waals surface area contributed by atoms with E-state index in [9.17, 15) is 9.70 Å². The van der Waals surface area contributed by atoms with E-state index in [0.29, 0.717) is 6.19 Å². The van der Waals surface area contributed by atoms with Crippen LogP contribution in [-0.2, 0) is 4.79 Å². The number of nitrogens with one attached hydrogen (secondary N) is 1. The number of carbonyl (C=O) groups excluding carboxylic acids is 1. The van der Waals surface area contributed by atoms with Crippen molar-refractivity contribution >= 4 is 13.6 Å². The van der Waals surface area contributed by atoms with Gasteiger partial charge in [0.25, 0.3) is 7.41 Å². The Kier molecular flexibility index (Phi) is 3.87. The minimum atomic E-state index is -0.414. The minimum Gasteiger partial charge on any atom is -0.347 e. The highest BCUT2D eigenvalue weighted by molar-refractivity contribution is 6.64.